The Labute approximate surface area is 138 Å². The number of rotatable bonds is 6. The van der Waals surface area contributed by atoms with E-state index >= 15 is 0 Å². The summed E-state index contributed by atoms with van der Waals surface area (Å²) in [5, 5.41) is 0. The molecule has 124 valence electrons. The Morgan fingerprint density at radius 2 is 1.95 bits per heavy atom. The van der Waals surface area contributed by atoms with Crippen LogP contribution in [0.1, 0.15) is 38.2 Å². The number of hydrogen-bond donors (Lipinski definition) is 1. The van der Waals surface area contributed by atoms with E-state index in [1.807, 2.05) is 7.05 Å². The molecule has 1 amide bonds. The lowest BCUT2D eigenvalue weighted by Gasteiger charge is -2.21. The smallest absolute Gasteiger partial charge is 0.226 e. The third-order valence-corrected chi connectivity index (χ3v) is 4.44. The van der Waals surface area contributed by atoms with Gasteiger partial charge in [0.05, 0.1) is 0 Å². The van der Waals surface area contributed by atoms with Crippen molar-refractivity contribution in [2.75, 3.05) is 13.6 Å². The van der Waals surface area contributed by atoms with Crippen LogP contribution in [0, 0.1) is 17.7 Å². The first kappa shape index (κ1) is 18.9. The summed E-state index contributed by atoms with van der Waals surface area (Å²) in [4.78, 5) is 14.1. The Balaban J connectivity index is 0.00000242. The van der Waals surface area contributed by atoms with Crippen molar-refractivity contribution in [2.24, 2.45) is 17.6 Å². The van der Waals surface area contributed by atoms with Gasteiger partial charge in [-0.3, -0.25) is 4.79 Å². The lowest BCUT2D eigenvalue weighted by atomic mass is 10.0. The summed E-state index contributed by atoms with van der Waals surface area (Å²) in [5.41, 5.74) is 7.07. The maximum absolute atomic E-state index is 12.9. The Hall–Kier alpha value is -1.13. The largest absolute Gasteiger partial charge is 0.345 e. The van der Waals surface area contributed by atoms with Crippen LogP contribution in [0.3, 0.4) is 0 Å². The predicted molar refractivity (Wildman–Crippen MR) is 89.6 cm³/mol. The minimum atomic E-state index is -0.234. The monoisotopic (exact) mass is 328 g/mol. The average Bonchev–Trinajstić information content (AvgIpc) is 3.24. The van der Waals surface area contributed by atoms with E-state index in [-0.39, 0.29) is 42.0 Å². The lowest BCUT2D eigenvalue weighted by molar-refractivity contribution is -0.131. The quantitative estimate of drug-likeness (QED) is 0.871. The highest BCUT2D eigenvalue weighted by molar-refractivity contribution is 5.85. The van der Waals surface area contributed by atoms with Gasteiger partial charge >= 0.3 is 0 Å². The van der Waals surface area contributed by atoms with Gasteiger partial charge in [0.2, 0.25) is 5.91 Å². The molecule has 22 heavy (non-hydrogen) atoms. The summed E-state index contributed by atoms with van der Waals surface area (Å²) in [6.07, 6.45) is 1.69. The normalized spacial score (nSPS) is 21.2. The molecule has 1 aromatic carbocycles. The molecule has 1 fully saturated rings. The molecule has 2 rings (SSSR count). The Bertz CT molecular complexity index is 492. The SMILES string of the molecule is CC(C)C(N)CCN(C)C(=O)C1CC1c1ccc(F)cc1.Cl. The van der Waals surface area contributed by atoms with Crippen molar-refractivity contribution in [3.8, 4) is 0 Å². The number of halogens is 2. The second-order valence-corrected chi connectivity index (χ2v) is 6.46. The minimum Gasteiger partial charge on any atom is -0.345 e. The van der Waals surface area contributed by atoms with Crippen LogP contribution in [-0.4, -0.2) is 30.4 Å². The van der Waals surface area contributed by atoms with Gasteiger partial charge in [0.15, 0.2) is 0 Å². The van der Waals surface area contributed by atoms with E-state index in [1.54, 1.807) is 17.0 Å². The molecule has 1 aliphatic rings. The van der Waals surface area contributed by atoms with Crippen molar-refractivity contribution in [1.29, 1.82) is 0 Å². The molecule has 0 heterocycles. The molecular weight excluding hydrogens is 303 g/mol. The van der Waals surface area contributed by atoms with Crippen molar-refractivity contribution in [3.63, 3.8) is 0 Å². The maximum Gasteiger partial charge on any atom is 0.226 e. The molecule has 5 heteroatoms. The number of nitrogens with two attached hydrogens (primary N) is 1. The third kappa shape index (κ3) is 4.68. The molecule has 1 aromatic rings. The van der Waals surface area contributed by atoms with Gasteiger partial charge in [-0.25, -0.2) is 4.39 Å². The summed E-state index contributed by atoms with van der Waals surface area (Å²) in [6, 6.07) is 6.61. The molecule has 3 unspecified atom stereocenters. The van der Waals surface area contributed by atoms with E-state index in [0.717, 1.165) is 18.4 Å². The van der Waals surface area contributed by atoms with Crippen molar-refractivity contribution < 1.29 is 9.18 Å². The van der Waals surface area contributed by atoms with Crippen molar-refractivity contribution in [3.05, 3.63) is 35.6 Å². The number of amides is 1. The maximum atomic E-state index is 12.9. The van der Waals surface area contributed by atoms with Crippen LogP contribution >= 0.6 is 12.4 Å². The van der Waals surface area contributed by atoms with E-state index < -0.39 is 0 Å². The number of benzene rings is 1. The topological polar surface area (TPSA) is 46.3 Å². The number of carbonyl (C=O) groups excluding carboxylic acids is 1. The predicted octanol–water partition coefficient (Wildman–Crippen LogP) is 3.18. The van der Waals surface area contributed by atoms with Gasteiger partial charge in [0.25, 0.3) is 0 Å². The highest BCUT2D eigenvalue weighted by Crippen LogP contribution is 2.48. The van der Waals surface area contributed by atoms with Gasteiger partial charge in [-0.15, -0.1) is 12.4 Å². The van der Waals surface area contributed by atoms with Crippen LogP contribution in [0.25, 0.3) is 0 Å². The zero-order valence-corrected chi connectivity index (χ0v) is 14.3. The van der Waals surface area contributed by atoms with Crippen LogP contribution in [0.4, 0.5) is 4.39 Å². The van der Waals surface area contributed by atoms with E-state index in [4.69, 9.17) is 5.73 Å². The van der Waals surface area contributed by atoms with E-state index in [9.17, 15) is 9.18 Å². The molecule has 1 saturated carbocycles. The molecule has 0 aromatic heterocycles. The first-order valence-electron chi connectivity index (χ1n) is 7.66. The first-order valence-corrected chi connectivity index (χ1v) is 7.66. The standard InChI is InChI=1S/C17H25FN2O.ClH/c1-11(2)16(19)8-9-20(3)17(21)15-10-14(15)12-4-6-13(18)7-5-12;/h4-7,11,14-16H,8-10,19H2,1-3H3;1H. The Kier molecular flexibility index (Phi) is 6.82. The second-order valence-electron chi connectivity index (χ2n) is 6.46. The van der Waals surface area contributed by atoms with Gasteiger partial charge in [-0.05, 0) is 42.4 Å². The van der Waals surface area contributed by atoms with Crippen molar-refractivity contribution in [1.82, 2.24) is 4.90 Å². The molecule has 3 nitrogen and oxygen atoms in total. The van der Waals surface area contributed by atoms with Crippen LogP contribution in [-0.2, 0) is 4.79 Å². The van der Waals surface area contributed by atoms with Crippen LogP contribution in [0.2, 0.25) is 0 Å². The van der Waals surface area contributed by atoms with E-state index in [1.165, 1.54) is 12.1 Å². The molecule has 0 bridgehead atoms. The molecule has 0 aliphatic heterocycles. The molecule has 3 atom stereocenters. The fourth-order valence-electron chi connectivity index (χ4n) is 2.62. The average molecular weight is 329 g/mol. The van der Waals surface area contributed by atoms with Crippen LogP contribution in [0.5, 0.6) is 0 Å². The molecule has 0 saturated heterocycles. The Morgan fingerprint density at radius 1 is 1.36 bits per heavy atom. The number of hydrogen-bond acceptors (Lipinski definition) is 2. The lowest BCUT2D eigenvalue weighted by Crippen LogP contribution is -2.35. The van der Waals surface area contributed by atoms with Gasteiger partial charge in [0.1, 0.15) is 5.82 Å². The zero-order chi connectivity index (χ0) is 15.6. The Morgan fingerprint density at radius 3 is 2.50 bits per heavy atom. The summed E-state index contributed by atoms with van der Waals surface area (Å²) >= 11 is 0. The summed E-state index contributed by atoms with van der Waals surface area (Å²) in [5.74, 6) is 0.679. The summed E-state index contributed by atoms with van der Waals surface area (Å²) < 4.78 is 12.9. The fourth-order valence-corrected chi connectivity index (χ4v) is 2.62. The van der Waals surface area contributed by atoms with E-state index in [0.29, 0.717) is 12.5 Å². The van der Waals surface area contributed by atoms with Crippen LogP contribution < -0.4 is 5.73 Å². The van der Waals surface area contributed by atoms with Gasteiger partial charge < -0.3 is 10.6 Å². The summed E-state index contributed by atoms with van der Waals surface area (Å²) in [7, 11) is 1.84. The van der Waals surface area contributed by atoms with E-state index in [2.05, 4.69) is 13.8 Å². The van der Waals surface area contributed by atoms with Gasteiger partial charge in [-0.2, -0.15) is 0 Å². The molecule has 0 radical (unpaired) electrons. The molecule has 2 N–H and O–H groups in total. The minimum absolute atomic E-state index is 0. The first-order chi connectivity index (χ1) is 9.90. The molecule has 1 aliphatic carbocycles. The highest BCUT2D eigenvalue weighted by Gasteiger charge is 2.45. The van der Waals surface area contributed by atoms with Crippen LogP contribution in [0.15, 0.2) is 24.3 Å². The van der Waals surface area contributed by atoms with Crippen molar-refractivity contribution >= 4 is 18.3 Å². The third-order valence-electron chi connectivity index (χ3n) is 4.44. The highest BCUT2D eigenvalue weighted by atomic mass is 35.5. The zero-order valence-electron chi connectivity index (χ0n) is 13.5. The fraction of sp³-hybridized carbons (Fsp3) is 0.588. The van der Waals surface area contributed by atoms with Crippen molar-refractivity contribution in [2.45, 2.75) is 38.6 Å². The summed E-state index contributed by atoms with van der Waals surface area (Å²) in [6.45, 7) is 4.89. The van der Waals surface area contributed by atoms with Gasteiger partial charge in [0, 0.05) is 25.6 Å². The molecule has 0 spiro atoms. The number of carbonyl (C=O) groups is 1. The number of nitrogens with zero attached hydrogens (tertiary/aromatic N) is 1. The second kappa shape index (κ2) is 7.93. The van der Waals surface area contributed by atoms with Gasteiger partial charge in [-0.1, -0.05) is 26.0 Å². The molecular formula is C17H26ClFN2O.